The summed E-state index contributed by atoms with van der Waals surface area (Å²) in [7, 11) is 1.44. The van der Waals surface area contributed by atoms with Gasteiger partial charge in [0.05, 0.1) is 17.6 Å². The lowest BCUT2D eigenvalue weighted by atomic mass is 10.1. The molecule has 7 heteroatoms. The first-order valence-corrected chi connectivity index (χ1v) is 7.41. The van der Waals surface area contributed by atoms with Gasteiger partial charge in [0.25, 0.3) is 11.6 Å². The fourth-order valence-corrected chi connectivity index (χ4v) is 2.84. The second-order valence-electron chi connectivity index (χ2n) is 5.28. The molecule has 7 nitrogen and oxygen atoms in total. The van der Waals surface area contributed by atoms with E-state index in [0.29, 0.717) is 18.3 Å². The van der Waals surface area contributed by atoms with Crippen molar-refractivity contribution in [3.8, 4) is 5.75 Å². The van der Waals surface area contributed by atoms with Gasteiger partial charge < -0.3 is 10.1 Å². The number of nitrogens with zero attached hydrogens (tertiary/aromatic N) is 2. The molecule has 0 saturated carbocycles. The van der Waals surface area contributed by atoms with Gasteiger partial charge in [-0.3, -0.25) is 19.8 Å². The maximum atomic E-state index is 12.3. The van der Waals surface area contributed by atoms with Crippen molar-refractivity contribution >= 4 is 11.6 Å². The van der Waals surface area contributed by atoms with E-state index in [1.54, 1.807) is 0 Å². The number of methoxy groups -OCH3 is 1. The van der Waals surface area contributed by atoms with Crippen LogP contribution in [0.3, 0.4) is 0 Å². The van der Waals surface area contributed by atoms with Gasteiger partial charge in [0.1, 0.15) is 5.75 Å². The summed E-state index contributed by atoms with van der Waals surface area (Å²) in [5.74, 6) is -0.00891. The first-order chi connectivity index (χ1) is 10.6. The van der Waals surface area contributed by atoms with E-state index in [1.165, 1.54) is 25.3 Å². The highest BCUT2D eigenvalue weighted by atomic mass is 16.6. The Morgan fingerprint density at radius 1 is 1.55 bits per heavy atom. The molecule has 0 unspecified atom stereocenters. The number of nitro benzene ring substituents is 1. The van der Waals surface area contributed by atoms with Gasteiger partial charge in [-0.15, -0.1) is 0 Å². The van der Waals surface area contributed by atoms with Crippen LogP contribution >= 0.6 is 0 Å². The number of rotatable bonds is 6. The van der Waals surface area contributed by atoms with Gasteiger partial charge in [-0.25, -0.2) is 0 Å². The Kier molecular flexibility index (Phi) is 5.32. The Labute approximate surface area is 129 Å². The molecular formula is C15H21N3O4. The smallest absolute Gasteiger partial charge is 0.270 e. The van der Waals surface area contributed by atoms with E-state index in [-0.39, 0.29) is 17.2 Å². The molecule has 1 aromatic carbocycles. The lowest BCUT2D eigenvalue weighted by Gasteiger charge is -2.23. The molecule has 0 aromatic heterocycles. The lowest BCUT2D eigenvalue weighted by Crippen LogP contribution is -2.40. The second-order valence-corrected chi connectivity index (χ2v) is 5.28. The zero-order valence-corrected chi connectivity index (χ0v) is 12.9. The number of carbonyl (C=O) groups is 1. The van der Waals surface area contributed by atoms with Crippen LogP contribution < -0.4 is 10.1 Å². The summed E-state index contributed by atoms with van der Waals surface area (Å²) in [6, 6.07) is 4.35. The van der Waals surface area contributed by atoms with E-state index < -0.39 is 4.92 Å². The number of carbonyl (C=O) groups excluding carboxylic acids is 1. The molecule has 2 rings (SSSR count). The van der Waals surface area contributed by atoms with Crippen molar-refractivity contribution in [2.75, 3.05) is 26.7 Å². The molecule has 1 saturated heterocycles. The molecule has 1 heterocycles. The fraction of sp³-hybridized carbons (Fsp3) is 0.533. The zero-order valence-electron chi connectivity index (χ0n) is 12.9. The van der Waals surface area contributed by atoms with E-state index in [9.17, 15) is 14.9 Å². The van der Waals surface area contributed by atoms with Crippen LogP contribution in [0.15, 0.2) is 18.2 Å². The van der Waals surface area contributed by atoms with Crippen LogP contribution in [0.4, 0.5) is 5.69 Å². The van der Waals surface area contributed by atoms with E-state index in [2.05, 4.69) is 17.1 Å². The van der Waals surface area contributed by atoms with Gasteiger partial charge in [0, 0.05) is 24.7 Å². The lowest BCUT2D eigenvalue weighted by molar-refractivity contribution is -0.384. The van der Waals surface area contributed by atoms with Crippen molar-refractivity contribution in [3.05, 3.63) is 33.9 Å². The Morgan fingerprint density at radius 3 is 2.95 bits per heavy atom. The summed E-state index contributed by atoms with van der Waals surface area (Å²) < 4.78 is 5.12. The molecular weight excluding hydrogens is 286 g/mol. The number of hydrogen-bond donors (Lipinski definition) is 1. The van der Waals surface area contributed by atoms with Gasteiger partial charge in [0.2, 0.25) is 0 Å². The maximum absolute atomic E-state index is 12.3. The van der Waals surface area contributed by atoms with Crippen molar-refractivity contribution < 1.29 is 14.5 Å². The third-order valence-electron chi connectivity index (χ3n) is 4.04. The average Bonchev–Trinajstić information content (AvgIpc) is 2.99. The molecule has 0 aliphatic carbocycles. The minimum absolute atomic E-state index is 0.123. The van der Waals surface area contributed by atoms with Gasteiger partial charge in [0.15, 0.2) is 0 Å². The maximum Gasteiger partial charge on any atom is 0.270 e. The zero-order chi connectivity index (χ0) is 16.1. The van der Waals surface area contributed by atoms with Crippen LogP contribution in [-0.2, 0) is 0 Å². The molecule has 0 bridgehead atoms. The fourth-order valence-electron chi connectivity index (χ4n) is 2.84. The molecule has 0 spiro atoms. The van der Waals surface area contributed by atoms with Crippen molar-refractivity contribution in [2.24, 2.45) is 0 Å². The van der Waals surface area contributed by atoms with Crippen LogP contribution in [0.1, 0.15) is 30.1 Å². The standard InChI is InChI=1S/C15H21N3O4/c1-3-17-8-4-5-12(17)10-16-15(19)13-9-11(18(20)21)6-7-14(13)22-2/h6-7,9,12H,3-5,8,10H2,1-2H3,(H,16,19)/t12-/m1/s1. The quantitative estimate of drug-likeness (QED) is 0.640. The Hall–Kier alpha value is -2.15. The molecule has 1 atom stereocenters. The van der Waals surface area contributed by atoms with Gasteiger partial charge >= 0.3 is 0 Å². The predicted molar refractivity (Wildman–Crippen MR) is 82.3 cm³/mol. The number of benzene rings is 1. The normalized spacial score (nSPS) is 18.2. The van der Waals surface area contributed by atoms with Crippen molar-refractivity contribution in [1.29, 1.82) is 0 Å². The molecule has 120 valence electrons. The number of nitrogens with one attached hydrogen (secondary N) is 1. The van der Waals surface area contributed by atoms with E-state index >= 15 is 0 Å². The van der Waals surface area contributed by atoms with Crippen molar-refractivity contribution in [3.63, 3.8) is 0 Å². The summed E-state index contributed by atoms with van der Waals surface area (Å²) in [5, 5.41) is 13.7. The first-order valence-electron chi connectivity index (χ1n) is 7.41. The summed E-state index contributed by atoms with van der Waals surface area (Å²) in [6.45, 7) is 4.65. The highest BCUT2D eigenvalue weighted by Crippen LogP contribution is 2.24. The second kappa shape index (κ2) is 7.22. The number of ether oxygens (including phenoxy) is 1. The third kappa shape index (κ3) is 3.54. The summed E-state index contributed by atoms with van der Waals surface area (Å²) in [4.78, 5) is 25.0. The molecule has 1 aromatic rings. The Morgan fingerprint density at radius 2 is 2.32 bits per heavy atom. The number of hydrogen-bond acceptors (Lipinski definition) is 5. The van der Waals surface area contributed by atoms with Crippen LogP contribution in [0.25, 0.3) is 0 Å². The van der Waals surface area contributed by atoms with Crippen molar-refractivity contribution in [1.82, 2.24) is 10.2 Å². The van der Waals surface area contributed by atoms with Crippen LogP contribution in [0.5, 0.6) is 5.75 Å². The Bertz CT molecular complexity index is 562. The number of likely N-dealkylation sites (tertiary alicyclic amines) is 1. The molecule has 1 fully saturated rings. The molecule has 1 N–H and O–H groups in total. The van der Waals surface area contributed by atoms with Crippen molar-refractivity contribution in [2.45, 2.75) is 25.8 Å². The Balaban J connectivity index is 2.08. The van der Waals surface area contributed by atoms with E-state index in [1.807, 2.05) is 0 Å². The predicted octanol–water partition coefficient (Wildman–Crippen LogP) is 1.82. The largest absolute Gasteiger partial charge is 0.496 e. The monoisotopic (exact) mass is 307 g/mol. The molecule has 1 aliphatic heterocycles. The van der Waals surface area contributed by atoms with E-state index in [0.717, 1.165) is 25.9 Å². The highest BCUT2D eigenvalue weighted by molar-refractivity contribution is 5.97. The van der Waals surface area contributed by atoms with Gasteiger partial charge in [-0.2, -0.15) is 0 Å². The topological polar surface area (TPSA) is 84.7 Å². The van der Waals surface area contributed by atoms with E-state index in [4.69, 9.17) is 4.74 Å². The summed E-state index contributed by atoms with van der Waals surface area (Å²) >= 11 is 0. The molecule has 0 radical (unpaired) electrons. The first kappa shape index (κ1) is 16.2. The molecule has 1 amide bonds. The van der Waals surface area contributed by atoms with Gasteiger partial charge in [-0.05, 0) is 32.0 Å². The molecule has 1 aliphatic rings. The summed E-state index contributed by atoms with van der Waals surface area (Å²) in [6.07, 6.45) is 2.19. The minimum Gasteiger partial charge on any atom is -0.496 e. The number of non-ortho nitro benzene ring substituents is 1. The SMILES string of the molecule is CCN1CCC[C@@H]1CNC(=O)c1cc([N+](=O)[O-])ccc1OC. The van der Waals surface area contributed by atoms with Gasteiger partial charge in [-0.1, -0.05) is 6.92 Å². The van der Waals surface area contributed by atoms with Crippen LogP contribution in [-0.4, -0.2) is 48.5 Å². The minimum atomic E-state index is -0.522. The van der Waals surface area contributed by atoms with Crippen LogP contribution in [0, 0.1) is 10.1 Å². The summed E-state index contributed by atoms with van der Waals surface area (Å²) in [5.41, 5.74) is 0.0692. The molecule has 22 heavy (non-hydrogen) atoms. The third-order valence-corrected chi connectivity index (χ3v) is 4.04. The number of likely N-dealkylation sites (N-methyl/N-ethyl adjacent to an activating group) is 1. The van der Waals surface area contributed by atoms with Crippen LogP contribution in [0.2, 0.25) is 0 Å². The number of amides is 1. The average molecular weight is 307 g/mol. The number of nitro groups is 1. The highest BCUT2D eigenvalue weighted by Gasteiger charge is 2.24.